The summed E-state index contributed by atoms with van der Waals surface area (Å²) in [5, 5.41) is 4.71. The molecule has 3 heteroatoms. The smallest absolute Gasteiger partial charge is 0.0658 e. The molecule has 0 N–H and O–H groups in total. The van der Waals surface area contributed by atoms with E-state index in [2.05, 4.69) is 23.5 Å². The fourth-order valence-electron chi connectivity index (χ4n) is 2.60. The maximum atomic E-state index is 11.0. The van der Waals surface area contributed by atoms with Gasteiger partial charge in [0.05, 0.1) is 17.5 Å². The van der Waals surface area contributed by atoms with Gasteiger partial charge in [-0.2, -0.15) is 0 Å². The number of hydrogen-bond acceptors (Lipinski definition) is 2. The van der Waals surface area contributed by atoms with Gasteiger partial charge in [-0.3, -0.25) is 0 Å². The molecule has 0 aromatic heterocycles. The van der Waals surface area contributed by atoms with Crippen LogP contribution >= 0.6 is 0 Å². The van der Waals surface area contributed by atoms with Crippen molar-refractivity contribution in [2.45, 2.75) is 40.0 Å². The Morgan fingerprint density at radius 2 is 1.50 bits per heavy atom. The summed E-state index contributed by atoms with van der Waals surface area (Å²) < 4.78 is 0. The third-order valence-corrected chi connectivity index (χ3v) is 3.50. The van der Waals surface area contributed by atoms with Gasteiger partial charge in [0.2, 0.25) is 0 Å². The van der Waals surface area contributed by atoms with Gasteiger partial charge < -0.3 is 0 Å². The summed E-state index contributed by atoms with van der Waals surface area (Å²) in [6.07, 6.45) is 0.964. The average molecular weight is 298 g/mol. The largest absolute Gasteiger partial charge is 0.228 e. The van der Waals surface area contributed by atoms with E-state index in [9.17, 15) is 4.91 Å². The number of hydrogen-bond donors (Lipinski definition) is 0. The Balaban J connectivity index is 0.000000561. The maximum Gasteiger partial charge on any atom is 0.0658 e. The molecule has 2 aromatic carbocycles. The van der Waals surface area contributed by atoms with Gasteiger partial charge in [0.15, 0.2) is 0 Å². The molecular weight excluding hydrogens is 272 g/mol. The van der Waals surface area contributed by atoms with Crippen molar-refractivity contribution in [3.05, 3.63) is 70.6 Å². The third-order valence-electron chi connectivity index (χ3n) is 3.50. The third kappa shape index (κ3) is 4.17. The Morgan fingerprint density at radius 1 is 0.909 bits per heavy atom. The molecule has 2 aromatic rings. The van der Waals surface area contributed by atoms with Gasteiger partial charge in [-0.25, -0.2) is 5.01 Å². The van der Waals surface area contributed by atoms with Crippen LogP contribution in [0, 0.1) is 4.91 Å². The van der Waals surface area contributed by atoms with E-state index in [0.717, 1.165) is 12.1 Å². The molecular formula is C19H26N2O. The van der Waals surface area contributed by atoms with Gasteiger partial charge in [-0.15, -0.1) is 4.91 Å². The van der Waals surface area contributed by atoms with Crippen LogP contribution in [-0.2, 0) is 6.42 Å². The van der Waals surface area contributed by atoms with Crippen LogP contribution in [0.15, 0.2) is 59.9 Å². The summed E-state index contributed by atoms with van der Waals surface area (Å²) in [5.74, 6) is 0.332. The van der Waals surface area contributed by atoms with E-state index in [0.29, 0.717) is 12.5 Å². The molecule has 1 heterocycles. The van der Waals surface area contributed by atoms with E-state index < -0.39 is 0 Å². The van der Waals surface area contributed by atoms with Gasteiger partial charge in [0.1, 0.15) is 0 Å². The van der Waals surface area contributed by atoms with Crippen LogP contribution in [0.3, 0.4) is 0 Å². The highest BCUT2D eigenvalue weighted by Crippen LogP contribution is 2.34. The molecule has 3 nitrogen and oxygen atoms in total. The summed E-state index contributed by atoms with van der Waals surface area (Å²) >= 11 is 0. The maximum absolute atomic E-state index is 11.0. The van der Waals surface area contributed by atoms with Gasteiger partial charge in [0, 0.05) is 5.92 Å². The summed E-state index contributed by atoms with van der Waals surface area (Å²) in [6.45, 7) is 8.66. The fraction of sp³-hybridized carbons (Fsp3) is 0.368. The quantitative estimate of drug-likeness (QED) is 0.679. The van der Waals surface area contributed by atoms with Crippen LogP contribution < -0.4 is 5.01 Å². The summed E-state index contributed by atoms with van der Waals surface area (Å²) in [6, 6.07) is 18.3. The van der Waals surface area contributed by atoms with Crippen molar-refractivity contribution in [2.75, 3.05) is 11.6 Å². The van der Waals surface area contributed by atoms with E-state index in [4.69, 9.17) is 0 Å². The molecule has 0 fully saturated rings. The van der Waals surface area contributed by atoms with Crippen LogP contribution in [0.2, 0.25) is 0 Å². The van der Waals surface area contributed by atoms with E-state index in [1.165, 1.54) is 11.1 Å². The summed E-state index contributed by atoms with van der Waals surface area (Å²) in [4.78, 5) is 11.0. The second-order valence-electron chi connectivity index (χ2n) is 4.60. The molecule has 0 amide bonds. The first-order valence-electron chi connectivity index (χ1n) is 8.12. The Labute approximate surface area is 133 Å². The first kappa shape index (κ1) is 17.9. The van der Waals surface area contributed by atoms with Crippen molar-refractivity contribution in [2.24, 2.45) is 5.29 Å². The lowest BCUT2D eigenvalue weighted by molar-refractivity contribution is 0.619. The Hall–Kier alpha value is -2.16. The SMILES string of the molecule is CC.CC.O=NN1CC(c2ccccc2)Cc2ccccc21. The van der Waals surface area contributed by atoms with Gasteiger partial charge in [0.25, 0.3) is 0 Å². The van der Waals surface area contributed by atoms with Gasteiger partial charge >= 0.3 is 0 Å². The van der Waals surface area contributed by atoms with E-state index in [1.807, 2.05) is 64.1 Å². The molecule has 0 radical (unpaired) electrons. The van der Waals surface area contributed by atoms with Crippen molar-refractivity contribution in [1.82, 2.24) is 0 Å². The Kier molecular flexibility index (Phi) is 7.90. The van der Waals surface area contributed by atoms with Crippen LogP contribution in [0.4, 0.5) is 5.69 Å². The molecule has 0 spiro atoms. The van der Waals surface area contributed by atoms with Crippen LogP contribution in [0.5, 0.6) is 0 Å². The molecule has 1 unspecified atom stereocenters. The molecule has 3 rings (SSSR count). The fourth-order valence-corrected chi connectivity index (χ4v) is 2.60. The second-order valence-corrected chi connectivity index (χ2v) is 4.60. The number of rotatable bonds is 2. The van der Waals surface area contributed by atoms with Crippen molar-refractivity contribution < 1.29 is 0 Å². The van der Waals surface area contributed by atoms with Crippen LogP contribution in [-0.4, -0.2) is 6.54 Å². The minimum absolute atomic E-state index is 0.332. The molecule has 0 bridgehead atoms. The average Bonchev–Trinajstić information content (AvgIpc) is 2.65. The second kappa shape index (κ2) is 9.72. The highest BCUT2D eigenvalue weighted by molar-refractivity contribution is 5.56. The normalized spacial score (nSPS) is 15.5. The topological polar surface area (TPSA) is 32.7 Å². The van der Waals surface area contributed by atoms with E-state index in [-0.39, 0.29) is 0 Å². The van der Waals surface area contributed by atoms with E-state index in [1.54, 1.807) is 5.01 Å². The predicted octanol–water partition coefficient (Wildman–Crippen LogP) is 5.57. The summed E-state index contributed by atoms with van der Waals surface area (Å²) in [7, 11) is 0. The molecule has 22 heavy (non-hydrogen) atoms. The standard InChI is InChI=1S/C15H14N2O.2C2H6/c18-16-17-11-14(12-6-2-1-3-7-12)10-13-8-4-5-9-15(13)17;2*1-2/h1-9,14H,10-11H2;2*1-2H3. The zero-order chi connectivity index (χ0) is 16.4. The minimum atomic E-state index is 0.332. The molecule has 0 saturated carbocycles. The van der Waals surface area contributed by atoms with Crippen molar-refractivity contribution >= 4 is 5.69 Å². The molecule has 1 aliphatic heterocycles. The van der Waals surface area contributed by atoms with Crippen molar-refractivity contribution in [1.29, 1.82) is 0 Å². The molecule has 0 saturated heterocycles. The van der Waals surface area contributed by atoms with Crippen LogP contribution in [0.25, 0.3) is 0 Å². The highest BCUT2D eigenvalue weighted by Gasteiger charge is 2.25. The Morgan fingerprint density at radius 3 is 2.14 bits per heavy atom. The zero-order valence-corrected chi connectivity index (χ0v) is 14.0. The van der Waals surface area contributed by atoms with Gasteiger partial charge in [-0.1, -0.05) is 76.2 Å². The number of benzene rings is 2. The number of nitrogens with zero attached hydrogens (tertiary/aromatic N) is 2. The lowest BCUT2D eigenvalue weighted by Gasteiger charge is -2.30. The number of anilines is 1. The summed E-state index contributed by atoms with van der Waals surface area (Å²) in [5.41, 5.74) is 3.40. The molecule has 118 valence electrons. The minimum Gasteiger partial charge on any atom is -0.228 e. The zero-order valence-electron chi connectivity index (χ0n) is 14.0. The number of para-hydroxylation sites is 1. The highest BCUT2D eigenvalue weighted by atomic mass is 16.3. The number of nitroso groups, excluding NO2 is 1. The molecule has 1 aliphatic rings. The van der Waals surface area contributed by atoms with Crippen LogP contribution in [0.1, 0.15) is 44.7 Å². The van der Waals surface area contributed by atoms with Gasteiger partial charge in [-0.05, 0) is 23.6 Å². The molecule has 0 aliphatic carbocycles. The van der Waals surface area contributed by atoms with Crippen molar-refractivity contribution in [3.63, 3.8) is 0 Å². The monoisotopic (exact) mass is 298 g/mol. The van der Waals surface area contributed by atoms with E-state index >= 15 is 0 Å². The van der Waals surface area contributed by atoms with Crippen molar-refractivity contribution in [3.8, 4) is 0 Å². The molecule has 1 atom stereocenters. The lowest BCUT2D eigenvalue weighted by Crippen LogP contribution is -2.29. The Bertz CT molecular complexity index is 554. The lowest BCUT2D eigenvalue weighted by atomic mass is 9.88. The first-order chi connectivity index (χ1) is 10.9. The first-order valence-corrected chi connectivity index (χ1v) is 8.12. The predicted molar refractivity (Wildman–Crippen MR) is 95.2 cm³/mol. The number of fused-ring (bicyclic) bond motifs is 1.